The van der Waals surface area contributed by atoms with Crippen LogP contribution in [0.15, 0.2) is 0 Å². The molecule has 3 nitrogen and oxygen atoms in total. The van der Waals surface area contributed by atoms with E-state index < -0.39 is 0 Å². The zero-order chi connectivity index (χ0) is 10.7. The third kappa shape index (κ3) is 2.71. The van der Waals surface area contributed by atoms with Crippen LogP contribution in [0.4, 0.5) is 0 Å². The molecular formula is C11H21NO2. The smallest absolute Gasteiger partial charge is 0.223 e. The molecule has 0 aliphatic carbocycles. The molecule has 2 atom stereocenters. The predicted octanol–water partition coefficient (Wildman–Crippen LogP) is 1.67. The van der Waals surface area contributed by atoms with Crippen LogP contribution >= 0.6 is 0 Å². The monoisotopic (exact) mass is 199 g/mol. The van der Waals surface area contributed by atoms with Crippen LogP contribution in [0.2, 0.25) is 0 Å². The van der Waals surface area contributed by atoms with E-state index in [1.165, 1.54) is 0 Å². The summed E-state index contributed by atoms with van der Waals surface area (Å²) in [5.41, 5.74) is 0. The van der Waals surface area contributed by atoms with Crippen molar-refractivity contribution < 1.29 is 9.53 Å². The summed E-state index contributed by atoms with van der Waals surface area (Å²) < 4.78 is 5.48. The van der Waals surface area contributed by atoms with Gasteiger partial charge in [0.25, 0.3) is 0 Å². The molecule has 3 heteroatoms. The highest BCUT2D eigenvalue weighted by Crippen LogP contribution is 2.16. The maximum atomic E-state index is 11.8. The molecular weight excluding hydrogens is 178 g/mol. The Balaban J connectivity index is 2.53. The first kappa shape index (κ1) is 11.5. The van der Waals surface area contributed by atoms with Crippen LogP contribution in [0.3, 0.4) is 0 Å². The van der Waals surface area contributed by atoms with Gasteiger partial charge in [-0.2, -0.15) is 0 Å². The minimum absolute atomic E-state index is 0.167. The molecule has 0 N–H and O–H groups in total. The van der Waals surface area contributed by atoms with Gasteiger partial charge in [0.1, 0.15) is 0 Å². The molecule has 0 spiro atoms. The van der Waals surface area contributed by atoms with Crippen molar-refractivity contribution in [1.29, 1.82) is 0 Å². The molecule has 0 aromatic carbocycles. The van der Waals surface area contributed by atoms with Gasteiger partial charge in [0.15, 0.2) is 0 Å². The molecule has 1 fully saturated rings. The van der Waals surface area contributed by atoms with Crippen molar-refractivity contribution in [2.45, 2.75) is 46.3 Å². The minimum atomic E-state index is 0.167. The maximum absolute atomic E-state index is 11.8. The van der Waals surface area contributed by atoms with Crippen molar-refractivity contribution >= 4 is 5.91 Å². The number of carbonyl (C=O) groups excluding carboxylic acids is 1. The van der Waals surface area contributed by atoms with E-state index in [1.807, 2.05) is 11.8 Å². The van der Waals surface area contributed by atoms with Gasteiger partial charge in [-0.15, -0.1) is 0 Å². The Hall–Kier alpha value is -0.570. The molecule has 82 valence electrons. The van der Waals surface area contributed by atoms with Gasteiger partial charge in [-0.3, -0.25) is 4.79 Å². The summed E-state index contributed by atoms with van der Waals surface area (Å²) in [6.45, 7) is 9.66. The molecule has 14 heavy (non-hydrogen) atoms. The second kappa shape index (κ2) is 4.78. The highest BCUT2D eigenvalue weighted by atomic mass is 16.5. The Morgan fingerprint density at radius 1 is 1.50 bits per heavy atom. The Bertz CT molecular complexity index is 203. The third-order valence-electron chi connectivity index (χ3n) is 2.79. The summed E-state index contributed by atoms with van der Waals surface area (Å²) in [5, 5.41) is 0. The quantitative estimate of drug-likeness (QED) is 0.677. The molecule has 2 unspecified atom stereocenters. The maximum Gasteiger partial charge on any atom is 0.223 e. The van der Waals surface area contributed by atoms with Crippen molar-refractivity contribution in [3.8, 4) is 0 Å². The second-order valence-corrected chi connectivity index (χ2v) is 4.50. The molecule has 0 bridgehead atoms. The topological polar surface area (TPSA) is 29.5 Å². The Morgan fingerprint density at radius 2 is 2.14 bits per heavy atom. The molecule has 1 saturated heterocycles. The van der Waals surface area contributed by atoms with E-state index in [4.69, 9.17) is 4.74 Å². The lowest BCUT2D eigenvalue weighted by Crippen LogP contribution is -2.51. The van der Waals surface area contributed by atoms with Crippen LogP contribution < -0.4 is 0 Å². The molecule has 1 heterocycles. The summed E-state index contributed by atoms with van der Waals surface area (Å²) in [7, 11) is 0. The lowest BCUT2D eigenvalue weighted by Gasteiger charge is -2.38. The van der Waals surface area contributed by atoms with Crippen LogP contribution in [-0.2, 0) is 9.53 Å². The van der Waals surface area contributed by atoms with Crippen LogP contribution in [0.25, 0.3) is 0 Å². The van der Waals surface area contributed by atoms with E-state index in [0.29, 0.717) is 18.9 Å². The fourth-order valence-corrected chi connectivity index (χ4v) is 1.75. The minimum Gasteiger partial charge on any atom is -0.375 e. The fraction of sp³-hybridized carbons (Fsp3) is 0.909. The number of morpholine rings is 1. The SMILES string of the molecule is CC(C)CC(=O)N1CCOC(C)C1C. The van der Waals surface area contributed by atoms with Gasteiger partial charge in [0.05, 0.1) is 18.8 Å². The summed E-state index contributed by atoms with van der Waals surface area (Å²) >= 11 is 0. The van der Waals surface area contributed by atoms with Crippen LogP contribution in [0, 0.1) is 5.92 Å². The summed E-state index contributed by atoms with van der Waals surface area (Å²) in [6, 6.07) is 0.218. The van der Waals surface area contributed by atoms with Crippen LogP contribution in [0.5, 0.6) is 0 Å². The highest BCUT2D eigenvalue weighted by molar-refractivity contribution is 5.76. The second-order valence-electron chi connectivity index (χ2n) is 4.50. The van der Waals surface area contributed by atoms with Crippen molar-refractivity contribution in [3.05, 3.63) is 0 Å². The predicted molar refractivity (Wildman–Crippen MR) is 56.0 cm³/mol. The molecule has 0 aromatic rings. The van der Waals surface area contributed by atoms with Crippen molar-refractivity contribution in [2.75, 3.05) is 13.2 Å². The molecule has 1 aliphatic heterocycles. The number of hydrogen-bond donors (Lipinski definition) is 0. The lowest BCUT2D eigenvalue weighted by molar-refractivity contribution is -0.144. The van der Waals surface area contributed by atoms with E-state index in [9.17, 15) is 4.79 Å². The lowest BCUT2D eigenvalue weighted by atomic mass is 10.1. The number of rotatable bonds is 2. The first-order valence-electron chi connectivity index (χ1n) is 5.43. The van der Waals surface area contributed by atoms with Gasteiger partial charge in [-0.1, -0.05) is 13.8 Å². The average Bonchev–Trinajstić information content (AvgIpc) is 2.08. The first-order valence-corrected chi connectivity index (χ1v) is 5.43. The van der Waals surface area contributed by atoms with E-state index in [1.54, 1.807) is 0 Å². The van der Waals surface area contributed by atoms with E-state index in [2.05, 4.69) is 20.8 Å². The van der Waals surface area contributed by atoms with Crippen molar-refractivity contribution in [2.24, 2.45) is 5.92 Å². The van der Waals surface area contributed by atoms with Crippen molar-refractivity contribution in [1.82, 2.24) is 4.90 Å². The summed E-state index contributed by atoms with van der Waals surface area (Å²) in [5.74, 6) is 0.704. The van der Waals surface area contributed by atoms with Gasteiger partial charge in [-0.25, -0.2) is 0 Å². The first-order chi connectivity index (χ1) is 6.52. The van der Waals surface area contributed by atoms with E-state index in [-0.39, 0.29) is 18.1 Å². The molecule has 0 radical (unpaired) electrons. The third-order valence-corrected chi connectivity index (χ3v) is 2.79. The highest BCUT2D eigenvalue weighted by Gasteiger charge is 2.28. The Kier molecular flexibility index (Phi) is 3.93. The summed E-state index contributed by atoms with van der Waals surface area (Å²) in [4.78, 5) is 13.8. The molecule has 0 saturated carbocycles. The number of hydrogen-bond acceptors (Lipinski definition) is 2. The average molecular weight is 199 g/mol. The van der Waals surface area contributed by atoms with Gasteiger partial charge >= 0.3 is 0 Å². The Labute approximate surface area is 86.4 Å². The largest absolute Gasteiger partial charge is 0.375 e. The number of amides is 1. The molecule has 1 aliphatic rings. The van der Waals surface area contributed by atoms with E-state index >= 15 is 0 Å². The van der Waals surface area contributed by atoms with Gasteiger partial charge in [0.2, 0.25) is 5.91 Å². The van der Waals surface area contributed by atoms with Gasteiger partial charge < -0.3 is 9.64 Å². The Morgan fingerprint density at radius 3 is 2.71 bits per heavy atom. The summed E-state index contributed by atoms with van der Waals surface area (Å²) in [6.07, 6.45) is 0.816. The fourth-order valence-electron chi connectivity index (χ4n) is 1.75. The van der Waals surface area contributed by atoms with Crippen LogP contribution in [-0.4, -0.2) is 36.1 Å². The number of carbonyl (C=O) groups is 1. The normalized spacial score (nSPS) is 28.2. The zero-order valence-corrected chi connectivity index (χ0v) is 9.62. The number of nitrogens with zero attached hydrogens (tertiary/aromatic N) is 1. The van der Waals surface area contributed by atoms with Gasteiger partial charge in [0, 0.05) is 13.0 Å². The molecule has 1 amide bonds. The van der Waals surface area contributed by atoms with Crippen LogP contribution in [0.1, 0.15) is 34.1 Å². The standard InChI is InChI=1S/C11H21NO2/c1-8(2)7-11(13)12-5-6-14-10(4)9(12)3/h8-10H,5-7H2,1-4H3. The molecule has 0 aromatic heterocycles. The van der Waals surface area contributed by atoms with Gasteiger partial charge in [-0.05, 0) is 19.8 Å². The zero-order valence-electron chi connectivity index (χ0n) is 9.62. The molecule has 1 rings (SSSR count). The van der Waals surface area contributed by atoms with E-state index in [0.717, 1.165) is 6.54 Å². The van der Waals surface area contributed by atoms with Crippen molar-refractivity contribution in [3.63, 3.8) is 0 Å². The number of ether oxygens (including phenoxy) is 1.